The molecule has 3 nitrogen and oxygen atoms in total. The van der Waals surface area contributed by atoms with Crippen LogP contribution in [0.2, 0.25) is 0 Å². The third-order valence-corrected chi connectivity index (χ3v) is 7.83. The van der Waals surface area contributed by atoms with Crippen molar-refractivity contribution in [1.82, 2.24) is 0 Å². The normalized spacial score (nSPS) is 45.5. The quantitative estimate of drug-likeness (QED) is 0.730. The molecule has 1 saturated heterocycles. The van der Waals surface area contributed by atoms with Crippen LogP contribution in [0.4, 0.5) is 0 Å². The Morgan fingerprint density at radius 1 is 1.45 bits per heavy atom. The number of hydrogen-bond acceptors (Lipinski definition) is 4. The zero-order valence-electron chi connectivity index (χ0n) is 12.7. The minimum Gasteiger partial charge on any atom is -0.461 e. The summed E-state index contributed by atoms with van der Waals surface area (Å²) in [6.07, 6.45) is 5.82. The van der Waals surface area contributed by atoms with Gasteiger partial charge in [-0.25, -0.2) is 0 Å². The Morgan fingerprint density at radius 3 is 2.85 bits per heavy atom. The third-order valence-electron chi connectivity index (χ3n) is 6.04. The number of carbonyl (C=O) groups is 2. The SMILES string of the molecule is CCSC12C(=O)OC3CC1(CCC(C)=O)CCCC32C. The lowest BCUT2D eigenvalue weighted by atomic mass is 9.59. The zero-order chi connectivity index (χ0) is 14.6. The summed E-state index contributed by atoms with van der Waals surface area (Å²) in [5.41, 5.74) is -0.0356. The lowest BCUT2D eigenvalue weighted by Gasteiger charge is -2.51. The van der Waals surface area contributed by atoms with Gasteiger partial charge in [0.15, 0.2) is 0 Å². The molecule has 0 aromatic rings. The van der Waals surface area contributed by atoms with Gasteiger partial charge in [0, 0.05) is 17.3 Å². The topological polar surface area (TPSA) is 43.4 Å². The van der Waals surface area contributed by atoms with Gasteiger partial charge in [0.05, 0.1) is 0 Å². The lowest BCUT2D eigenvalue weighted by Crippen LogP contribution is -2.56. The number of esters is 1. The maximum atomic E-state index is 12.7. The van der Waals surface area contributed by atoms with Crippen LogP contribution in [-0.2, 0) is 14.3 Å². The van der Waals surface area contributed by atoms with Gasteiger partial charge in [-0.15, -0.1) is 11.8 Å². The highest BCUT2D eigenvalue weighted by molar-refractivity contribution is 8.01. The van der Waals surface area contributed by atoms with Crippen molar-refractivity contribution in [2.45, 2.75) is 70.1 Å². The predicted molar refractivity (Wildman–Crippen MR) is 79.7 cm³/mol. The van der Waals surface area contributed by atoms with Crippen molar-refractivity contribution in [2.24, 2.45) is 10.8 Å². The molecule has 4 atom stereocenters. The van der Waals surface area contributed by atoms with E-state index in [4.69, 9.17) is 4.74 Å². The minimum atomic E-state index is -0.396. The first-order valence-corrected chi connectivity index (χ1v) is 8.75. The van der Waals surface area contributed by atoms with E-state index in [1.807, 2.05) is 0 Å². The number of thioether (sulfide) groups is 1. The maximum absolute atomic E-state index is 12.7. The second-order valence-electron chi connectivity index (χ2n) is 6.97. The summed E-state index contributed by atoms with van der Waals surface area (Å²) < 4.78 is 5.32. The van der Waals surface area contributed by atoms with Gasteiger partial charge in [-0.2, -0.15) is 0 Å². The molecule has 0 aromatic carbocycles. The third kappa shape index (κ3) is 1.49. The van der Waals surface area contributed by atoms with E-state index in [-0.39, 0.29) is 28.7 Å². The number of ether oxygens (including phenoxy) is 1. The first-order valence-electron chi connectivity index (χ1n) is 7.76. The first-order chi connectivity index (χ1) is 9.42. The van der Waals surface area contributed by atoms with Crippen molar-refractivity contribution in [3.8, 4) is 0 Å². The molecule has 3 aliphatic rings. The molecule has 1 aliphatic heterocycles. The lowest BCUT2D eigenvalue weighted by molar-refractivity contribution is -0.153. The van der Waals surface area contributed by atoms with Crippen LogP contribution in [0.15, 0.2) is 0 Å². The van der Waals surface area contributed by atoms with Crippen molar-refractivity contribution in [3.05, 3.63) is 0 Å². The number of ketones is 1. The highest BCUT2D eigenvalue weighted by atomic mass is 32.2. The van der Waals surface area contributed by atoms with Crippen molar-refractivity contribution in [1.29, 1.82) is 0 Å². The van der Waals surface area contributed by atoms with Gasteiger partial charge in [0.2, 0.25) is 0 Å². The second-order valence-corrected chi connectivity index (χ2v) is 8.44. The fraction of sp³-hybridized carbons (Fsp3) is 0.875. The molecule has 2 aliphatic carbocycles. The number of carbonyl (C=O) groups excluding carboxylic acids is 2. The summed E-state index contributed by atoms with van der Waals surface area (Å²) in [4.78, 5) is 24.2. The Balaban J connectivity index is 2.04. The molecule has 3 rings (SSSR count). The van der Waals surface area contributed by atoms with Crippen LogP contribution in [0.25, 0.3) is 0 Å². The van der Waals surface area contributed by atoms with Gasteiger partial charge in [0.1, 0.15) is 16.6 Å². The molecule has 4 heteroatoms. The molecule has 0 N–H and O–H groups in total. The van der Waals surface area contributed by atoms with E-state index in [1.165, 1.54) is 0 Å². The second kappa shape index (κ2) is 4.49. The summed E-state index contributed by atoms with van der Waals surface area (Å²) in [6, 6.07) is 0. The Kier molecular flexibility index (Phi) is 3.24. The average Bonchev–Trinajstić information content (AvgIpc) is 2.63. The standard InChI is InChI=1S/C16H24O3S/c1-4-20-16-13(18)19-12-10-15(16,9-6-11(2)17)8-5-7-14(12,16)3/h12H,4-10H2,1-3H3. The zero-order valence-corrected chi connectivity index (χ0v) is 13.5. The van der Waals surface area contributed by atoms with Gasteiger partial charge in [0.25, 0.3) is 0 Å². The molecule has 0 amide bonds. The van der Waals surface area contributed by atoms with Gasteiger partial charge in [-0.05, 0) is 38.4 Å². The van der Waals surface area contributed by atoms with E-state index in [1.54, 1.807) is 18.7 Å². The first kappa shape index (κ1) is 14.4. The van der Waals surface area contributed by atoms with Gasteiger partial charge in [-0.3, -0.25) is 4.79 Å². The van der Waals surface area contributed by atoms with Crippen molar-refractivity contribution >= 4 is 23.5 Å². The van der Waals surface area contributed by atoms with Crippen LogP contribution in [-0.4, -0.2) is 28.4 Å². The van der Waals surface area contributed by atoms with Crippen molar-refractivity contribution in [2.75, 3.05) is 5.75 Å². The Labute approximate surface area is 125 Å². The van der Waals surface area contributed by atoms with Gasteiger partial charge >= 0.3 is 5.97 Å². The van der Waals surface area contributed by atoms with E-state index >= 15 is 0 Å². The molecule has 112 valence electrons. The fourth-order valence-electron chi connectivity index (χ4n) is 5.21. The van der Waals surface area contributed by atoms with Crippen molar-refractivity contribution in [3.63, 3.8) is 0 Å². The highest BCUT2D eigenvalue weighted by Crippen LogP contribution is 2.75. The molecule has 1 heterocycles. The number of hydrogen-bond donors (Lipinski definition) is 0. The molecular weight excluding hydrogens is 272 g/mol. The largest absolute Gasteiger partial charge is 0.461 e. The Morgan fingerprint density at radius 2 is 2.20 bits per heavy atom. The summed E-state index contributed by atoms with van der Waals surface area (Å²) in [6.45, 7) is 6.03. The monoisotopic (exact) mass is 296 g/mol. The van der Waals surface area contributed by atoms with Gasteiger partial charge < -0.3 is 9.53 Å². The molecule has 3 fully saturated rings. The van der Waals surface area contributed by atoms with Crippen LogP contribution in [0.5, 0.6) is 0 Å². The summed E-state index contributed by atoms with van der Waals surface area (Å²) in [5.74, 6) is 1.17. The van der Waals surface area contributed by atoms with Crippen LogP contribution >= 0.6 is 11.8 Å². The van der Waals surface area contributed by atoms with Crippen LogP contribution < -0.4 is 0 Å². The minimum absolute atomic E-state index is 0.00588. The van der Waals surface area contributed by atoms with Crippen LogP contribution in [0.1, 0.15) is 59.3 Å². The molecule has 4 unspecified atom stereocenters. The molecular formula is C16H24O3S. The molecule has 0 radical (unpaired) electrons. The predicted octanol–water partition coefficient (Wildman–Crippen LogP) is 3.35. The van der Waals surface area contributed by atoms with E-state index in [2.05, 4.69) is 13.8 Å². The van der Waals surface area contributed by atoms with E-state index < -0.39 is 4.75 Å². The molecule has 0 spiro atoms. The summed E-state index contributed by atoms with van der Waals surface area (Å²) in [5, 5.41) is 0. The van der Waals surface area contributed by atoms with Crippen molar-refractivity contribution < 1.29 is 14.3 Å². The molecule has 0 aromatic heterocycles. The van der Waals surface area contributed by atoms with E-state index in [0.29, 0.717) is 6.42 Å². The fourth-order valence-corrected chi connectivity index (χ4v) is 6.97. The Hall–Kier alpha value is -0.510. The Bertz CT molecular complexity index is 463. The smallest absolute Gasteiger partial charge is 0.323 e. The van der Waals surface area contributed by atoms with Crippen LogP contribution in [0.3, 0.4) is 0 Å². The highest BCUT2D eigenvalue weighted by Gasteiger charge is 2.80. The number of rotatable bonds is 5. The average molecular weight is 296 g/mol. The van der Waals surface area contributed by atoms with E-state index in [0.717, 1.165) is 37.9 Å². The summed E-state index contributed by atoms with van der Waals surface area (Å²) >= 11 is 1.79. The van der Waals surface area contributed by atoms with Gasteiger partial charge in [-0.1, -0.05) is 20.3 Å². The maximum Gasteiger partial charge on any atom is 0.323 e. The van der Waals surface area contributed by atoms with Crippen LogP contribution in [0, 0.1) is 10.8 Å². The molecule has 20 heavy (non-hydrogen) atoms. The van der Waals surface area contributed by atoms with E-state index in [9.17, 15) is 9.59 Å². The molecule has 4 bridgehead atoms. The molecule has 2 saturated carbocycles. The number of Topliss-reactive ketones (excluding diaryl/α,β-unsaturated/α-hetero) is 1. The summed E-state index contributed by atoms with van der Waals surface area (Å²) in [7, 11) is 0.